The number of nitrogens with zero attached hydrogens (tertiary/aromatic N) is 2. The van der Waals surface area contributed by atoms with Crippen LogP contribution in [0.2, 0.25) is 0 Å². The summed E-state index contributed by atoms with van der Waals surface area (Å²) >= 11 is 1.32. The summed E-state index contributed by atoms with van der Waals surface area (Å²) in [5, 5.41) is 0. The summed E-state index contributed by atoms with van der Waals surface area (Å²) in [6.45, 7) is 0. The predicted molar refractivity (Wildman–Crippen MR) is 283 cm³/mol. The Morgan fingerprint density at radius 3 is 0.889 bits per heavy atom. The van der Waals surface area contributed by atoms with Crippen molar-refractivity contribution in [1.29, 1.82) is 0 Å². The van der Waals surface area contributed by atoms with Crippen molar-refractivity contribution < 1.29 is 26.3 Å². The molecule has 0 amide bonds. The molecule has 0 unspecified atom stereocenters. The summed E-state index contributed by atoms with van der Waals surface area (Å²) in [6, 6.07) is 68.6. The molecule has 2 heterocycles. The Morgan fingerprint density at radius 1 is 0.306 bits per heavy atom. The first-order valence-electron chi connectivity index (χ1n) is 23.2. The normalized spacial score (nSPS) is 14.0. The third-order valence-electron chi connectivity index (χ3n) is 14.3. The Hall–Kier alpha value is -6.97. The quantitative estimate of drug-likeness (QED) is 0.0679. The first-order chi connectivity index (χ1) is 35.1. The molecular formula is C62H36F6IN2Tl. The second-order valence-corrected chi connectivity index (χ2v) is 21.1. The van der Waals surface area contributed by atoms with Gasteiger partial charge in [-0.25, -0.2) is 0 Å². The van der Waals surface area contributed by atoms with Crippen LogP contribution in [0.25, 0.3) is 11.1 Å². The Bertz CT molecular complexity index is 3280. The van der Waals surface area contributed by atoms with Gasteiger partial charge < -0.3 is 0 Å². The van der Waals surface area contributed by atoms with Crippen molar-refractivity contribution in [3.8, 4) is 11.1 Å². The van der Waals surface area contributed by atoms with Gasteiger partial charge in [0.05, 0.1) is 0 Å². The van der Waals surface area contributed by atoms with Crippen molar-refractivity contribution in [2.45, 2.75) is 10.8 Å². The van der Waals surface area contributed by atoms with Gasteiger partial charge in [0.1, 0.15) is 0 Å². The van der Waals surface area contributed by atoms with Gasteiger partial charge in [-0.15, -0.1) is 0 Å². The molecule has 2 nitrogen and oxygen atoms in total. The van der Waals surface area contributed by atoms with Crippen molar-refractivity contribution in [2.24, 2.45) is 0 Å². The number of rotatable bonds is 7. The summed E-state index contributed by atoms with van der Waals surface area (Å²) in [6.07, 6.45) is 0. The molecule has 0 saturated carbocycles. The predicted octanol–water partition coefficient (Wildman–Crippen LogP) is 15.9. The minimum absolute atomic E-state index is 0.0342. The molecule has 0 atom stereocenters. The molecule has 10 aromatic rings. The third-order valence-corrected chi connectivity index (χ3v) is 17.3. The molecule has 0 radical (unpaired) electrons. The molecule has 2 aliphatic rings. The number of fused-ring (bicyclic) bond motifs is 4. The van der Waals surface area contributed by atoms with Crippen LogP contribution in [0.4, 0.5) is 60.5 Å². The Labute approximate surface area is 441 Å². The van der Waals surface area contributed by atoms with Gasteiger partial charge in [0.15, 0.2) is 0 Å². The van der Waals surface area contributed by atoms with Crippen LogP contribution in [-0.4, -0.2) is 25.8 Å². The minimum atomic E-state index is -1.93. The molecule has 10 heteroatoms. The zero-order valence-corrected chi connectivity index (χ0v) is 44.5. The molecule has 0 fully saturated rings. The molecule has 0 bridgehead atoms. The van der Waals surface area contributed by atoms with Crippen molar-refractivity contribution in [1.82, 2.24) is 0 Å². The number of hydrogen-bond acceptors (Lipinski definition) is 2. The van der Waals surface area contributed by atoms with Crippen molar-refractivity contribution in [3.63, 3.8) is 0 Å². The van der Waals surface area contributed by atoms with Gasteiger partial charge >= 0.3 is 384 Å². The standard InChI is InChI=1S/C62H36F6IN2.Tl/c63-46-37-51(70-47-33-17-13-29-42(47)61(38-21-5-1-6-22-38,39-23-7-2-8-24-39)43-30-14-18-34-48(43)70)59(69)56(66)52(46)53-54(64)57(67)60(58(68)55(53)65)71-49-35-19-15-31-44(49)62(40-25-9-3-10-26-40,41-27-11-4-12-28-41)45-32-16-20-36-50(45)71;/h1-36H;. The van der Waals surface area contributed by atoms with E-state index < -0.39 is 88.3 Å². The molecule has 0 N–H and O–H groups in total. The maximum atomic E-state index is 17.6. The first-order valence-corrected chi connectivity index (χ1v) is 26.5. The van der Waals surface area contributed by atoms with Crippen molar-refractivity contribution in [2.75, 3.05) is 9.80 Å². The fourth-order valence-electron chi connectivity index (χ4n) is 11.4. The molecule has 0 aliphatic carbocycles. The van der Waals surface area contributed by atoms with Crippen LogP contribution in [0.15, 0.2) is 218 Å². The summed E-state index contributed by atoms with van der Waals surface area (Å²) in [4.78, 5) is 2.97. The maximum absolute atomic E-state index is 17.6. The van der Waals surface area contributed by atoms with Gasteiger partial charge in [-0.05, 0) is 0 Å². The van der Waals surface area contributed by atoms with Gasteiger partial charge in [0, 0.05) is 0 Å². The van der Waals surface area contributed by atoms with E-state index >= 15 is 26.3 Å². The Kier molecular flexibility index (Phi) is 11.5. The van der Waals surface area contributed by atoms with E-state index in [0.29, 0.717) is 22.5 Å². The number of anilines is 6. The van der Waals surface area contributed by atoms with E-state index in [4.69, 9.17) is 0 Å². The second-order valence-electron chi connectivity index (χ2n) is 17.8. The van der Waals surface area contributed by atoms with Crippen LogP contribution in [0.1, 0.15) is 44.5 Å². The van der Waals surface area contributed by atoms with E-state index in [-0.39, 0.29) is 23.8 Å². The van der Waals surface area contributed by atoms with E-state index in [1.54, 1.807) is 63.9 Å². The molecule has 72 heavy (non-hydrogen) atoms. The van der Waals surface area contributed by atoms with E-state index in [1.165, 1.54) is 4.90 Å². The fourth-order valence-corrected chi connectivity index (χ4v) is 15.0. The zero-order valence-electron chi connectivity index (χ0n) is 37.9. The molecule has 10 aromatic carbocycles. The monoisotopic (exact) mass is 1250 g/mol. The van der Waals surface area contributed by atoms with Crippen LogP contribution >= 0.6 is 22.6 Å². The van der Waals surface area contributed by atoms with Crippen LogP contribution in [0.5, 0.6) is 0 Å². The van der Waals surface area contributed by atoms with E-state index in [1.807, 2.05) is 158 Å². The molecule has 0 aromatic heterocycles. The van der Waals surface area contributed by atoms with Crippen LogP contribution < -0.4 is 12.9 Å². The van der Waals surface area contributed by atoms with Crippen LogP contribution in [0, 0.1) is 38.5 Å². The van der Waals surface area contributed by atoms with Crippen LogP contribution in [-0.2, 0) is 10.8 Å². The van der Waals surface area contributed by atoms with Gasteiger partial charge in [0.25, 0.3) is 0 Å². The van der Waals surface area contributed by atoms with Crippen molar-refractivity contribution >= 4 is 85.6 Å². The number of para-hydroxylation sites is 4. The topological polar surface area (TPSA) is 6.48 Å². The van der Waals surface area contributed by atoms with Gasteiger partial charge in [0.2, 0.25) is 0 Å². The van der Waals surface area contributed by atoms with Gasteiger partial charge in [-0.1, -0.05) is 60.7 Å². The molecule has 0 saturated heterocycles. The summed E-state index contributed by atoms with van der Waals surface area (Å²) in [5.41, 5.74) is 2.66. The summed E-state index contributed by atoms with van der Waals surface area (Å²) in [5.74, 6) is -10.2. The number of benzene rings is 10. The zero-order chi connectivity index (χ0) is 49.5. The van der Waals surface area contributed by atoms with Gasteiger partial charge in [-0.2, -0.15) is 0 Å². The fraction of sp³-hybridized carbons (Fsp3) is 0.0323. The molecule has 2 aliphatic heterocycles. The van der Waals surface area contributed by atoms with E-state index in [9.17, 15) is 0 Å². The van der Waals surface area contributed by atoms with Gasteiger partial charge in [-0.3, -0.25) is 0 Å². The average Bonchev–Trinajstić information content (AvgIpc) is 3.43. The van der Waals surface area contributed by atoms with Crippen molar-refractivity contribution in [3.05, 3.63) is 301 Å². The summed E-state index contributed by atoms with van der Waals surface area (Å²) < 4.78 is 105. The Morgan fingerprint density at radius 2 is 0.569 bits per heavy atom. The summed E-state index contributed by atoms with van der Waals surface area (Å²) in [7, 11) is 0. The first kappa shape index (κ1) is 46.1. The second kappa shape index (κ2) is 18.0. The molecule has 12 rings (SSSR count). The van der Waals surface area contributed by atoms with E-state index in [2.05, 4.69) is 24.3 Å². The average molecular weight is 1250 g/mol. The molecule has 0 spiro atoms. The molecular weight excluding hydrogens is 1220 g/mol. The number of hydrogen-bond donors (Lipinski definition) is 0. The number of halogens is 7. The third kappa shape index (κ3) is 6.51. The SMILES string of the molecule is Fc1c(F)c(N2c3ccccc3C(c3ccccc3)(c3ccccc3)c3ccccc32)c(F)c(F)c1-c1c(F)c(I)c(N2c3ccccc3C(c3ccccc3)(c3ccccc3)c3ccccc32)[c]([Tl])c1F. The van der Waals surface area contributed by atoms with Crippen LogP contribution in [0.3, 0.4) is 0 Å². The molecule has 346 valence electrons. The Balaban J connectivity index is 1.05. The van der Waals surface area contributed by atoms with E-state index in [0.717, 1.165) is 33.4 Å².